The predicted octanol–water partition coefficient (Wildman–Crippen LogP) is 2.89. The van der Waals surface area contributed by atoms with E-state index >= 15 is 0 Å². The van der Waals surface area contributed by atoms with Gasteiger partial charge in [0, 0.05) is 0 Å². The van der Waals surface area contributed by atoms with Crippen LogP contribution in [0.15, 0.2) is 16.8 Å². The van der Waals surface area contributed by atoms with Gasteiger partial charge in [0.05, 0.1) is 0 Å². The van der Waals surface area contributed by atoms with Gasteiger partial charge in [-0.25, -0.2) is 0 Å². The minimum atomic E-state index is -0.0528. The first-order chi connectivity index (χ1) is 5.05. The SMILES string of the molecule is CC1=CC(C)(C)CCC1N=O. The normalized spacial score (nSPS) is 29.4. The van der Waals surface area contributed by atoms with Gasteiger partial charge in [-0.05, 0) is 30.8 Å². The van der Waals surface area contributed by atoms with E-state index in [4.69, 9.17) is 0 Å². The van der Waals surface area contributed by atoms with Crippen LogP contribution in [0, 0.1) is 10.3 Å². The van der Waals surface area contributed by atoms with Crippen LogP contribution in [0.2, 0.25) is 0 Å². The van der Waals surface area contributed by atoms with E-state index in [9.17, 15) is 4.91 Å². The molecule has 0 saturated heterocycles. The molecule has 2 heteroatoms. The maximum Gasteiger partial charge on any atom is 0.113 e. The van der Waals surface area contributed by atoms with Crippen LogP contribution in [-0.4, -0.2) is 6.04 Å². The van der Waals surface area contributed by atoms with Gasteiger partial charge in [0.2, 0.25) is 0 Å². The molecular weight excluding hydrogens is 138 g/mol. The molecule has 0 aromatic carbocycles. The molecule has 62 valence electrons. The average molecular weight is 153 g/mol. The quantitative estimate of drug-likeness (QED) is 0.420. The van der Waals surface area contributed by atoms with Gasteiger partial charge in [0.15, 0.2) is 0 Å². The van der Waals surface area contributed by atoms with Crippen LogP contribution in [-0.2, 0) is 0 Å². The van der Waals surface area contributed by atoms with Gasteiger partial charge in [-0.15, -0.1) is 0 Å². The fourth-order valence-electron chi connectivity index (χ4n) is 1.66. The van der Waals surface area contributed by atoms with Crippen molar-refractivity contribution in [2.45, 2.75) is 39.7 Å². The summed E-state index contributed by atoms with van der Waals surface area (Å²) in [4.78, 5) is 10.3. The van der Waals surface area contributed by atoms with Crippen molar-refractivity contribution in [3.63, 3.8) is 0 Å². The van der Waals surface area contributed by atoms with E-state index < -0.39 is 0 Å². The van der Waals surface area contributed by atoms with E-state index in [-0.39, 0.29) is 11.5 Å². The number of nitroso groups, excluding NO2 is 1. The fourth-order valence-corrected chi connectivity index (χ4v) is 1.66. The van der Waals surface area contributed by atoms with Crippen molar-refractivity contribution in [2.24, 2.45) is 10.6 Å². The first kappa shape index (κ1) is 8.44. The molecule has 0 spiro atoms. The molecule has 1 rings (SSSR count). The number of rotatable bonds is 1. The lowest BCUT2D eigenvalue weighted by Gasteiger charge is -2.28. The molecule has 1 atom stereocenters. The molecule has 1 unspecified atom stereocenters. The first-order valence-electron chi connectivity index (χ1n) is 4.07. The molecule has 1 aliphatic carbocycles. The Kier molecular flexibility index (Phi) is 2.12. The Morgan fingerprint density at radius 1 is 1.64 bits per heavy atom. The summed E-state index contributed by atoms with van der Waals surface area (Å²) < 4.78 is 0. The van der Waals surface area contributed by atoms with Gasteiger partial charge in [-0.1, -0.05) is 25.1 Å². The summed E-state index contributed by atoms with van der Waals surface area (Å²) in [6.45, 7) is 6.38. The lowest BCUT2D eigenvalue weighted by Crippen LogP contribution is -2.20. The van der Waals surface area contributed by atoms with Crippen molar-refractivity contribution in [3.8, 4) is 0 Å². The maximum atomic E-state index is 10.3. The molecule has 0 radical (unpaired) electrons. The molecule has 0 aromatic heterocycles. The summed E-state index contributed by atoms with van der Waals surface area (Å²) in [7, 11) is 0. The van der Waals surface area contributed by atoms with Crippen LogP contribution < -0.4 is 0 Å². The number of hydrogen-bond acceptors (Lipinski definition) is 2. The number of allylic oxidation sites excluding steroid dienone is 1. The first-order valence-corrected chi connectivity index (χ1v) is 4.07. The van der Waals surface area contributed by atoms with Gasteiger partial charge >= 0.3 is 0 Å². The smallest absolute Gasteiger partial charge is 0.113 e. The van der Waals surface area contributed by atoms with Crippen molar-refractivity contribution in [1.82, 2.24) is 0 Å². The fraction of sp³-hybridized carbons (Fsp3) is 0.778. The zero-order chi connectivity index (χ0) is 8.48. The third-order valence-corrected chi connectivity index (χ3v) is 2.33. The van der Waals surface area contributed by atoms with Gasteiger partial charge in [-0.3, -0.25) is 0 Å². The van der Waals surface area contributed by atoms with Crippen LogP contribution >= 0.6 is 0 Å². The highest BCUT2D eigenvalue weighted by molar-refractivity contribution is 5.16. The molecule has 2 nitrogen and oxygen atoms in total. The minimum Gasteiger partial charge on any atom is -0.150 e. The monoisotopic (exact) mass is 153 g/mol. The van der Waals surface area contributed by atoms with Crippen LogP contribution in [0.4, 0.5) is 0 Å². The lowest BCUT2D eigenvalue weighted by atomic mass is 9.78. The topological polar surface area (TPSA) is 29.4 Å². The number of nitrogens with zero attached hydrogens (tertiary/aromatic N) is 1. The molecule has 0 aromatic rings. The van der Waals surface area contributed by atoms with Crippen molar-refractivity contribution in [3.05, 3.63) is 16.6 Å². The second-order valence-corrected chi connectivity index (χ2v) is 4.04. The van der Waals surface area contributed by atoms with E-state index in [2.05, 4.69) is 25.1 Å². The van der Waals surface area contributed by atoms with Crippen LogP contribution in [0.5, 0.6) is 0 Å². The Morgan fingerprint density at radius 3 is 2.73 bits per heavy atom. The molecule has 0 fully saturated rings. The summed E-state index contributed by atoms with van der Waals surface area (Å²) in [5, 5.41) is 3.08. The molecule has 0 saturated carbocycles. The highest BCUT2D eigenvalue weighted by Gasteiger charge is 2.25. The Bertz CT molecular complexity index is 194. The van der Waals surface area contributed by atoms with Gasteiger partial charge in [0.25, 0.3) is 0 Å². The third-order valence-electron chi connectivity index (χ3n) is 2.33. The third kappa shape index (κ3) is 1.88. The Hall–Kier alpha value is -0.660. The van der Waals surface area contributed by atoms with Crippen LogP contribution in [0.3, 0.4) is 0 Å². The van der Waals surface area contributed by atoms with Crippen molar-refractivity contribution in [2.75, 3.05) is 0 Å². The highest BCUT2D eigenvalue weighted by Crippen LogP contribution is 2.34. The Morgan fingerprint density at radius 2 is 2.27 bits per heavy atom. The maximum absolute atomic E-state index is 10.3. The summed E-state index contributed by atoms with van der Waals surface area (Å²) in [6, 6.07) is -0.0528. The van der Waals surface area contributed by atoms with E-state index in [1.807, 2.05) is 6.92 Å². The summed E-state index contributed by atoms with van der Waals surface area (Å²) in [6.07, 6.45) is 4.15. The van der Waals surface area contributed by atoms with Crippen molar-refractivity contribution < 1.29 is 0 Å². The molecule has 0 bridgehead atoms. The zero-order valence-electron chi connectivity index (χ0n) is 7.42. The summed E-state index contributed by atoms with van der Waals surface area (Å²) in [5.74, 6) is 0. The van der Waals surface area contributed by atoms with Crippen molar-refractivity contribution >= 4 is 0 Å². The Balaban J connectivity index is 2.79. The molecule has 0 amide bonds. The van der Waals surface area contributed by atoms with Crippen molar-refractivity contribution in [1.29, 1.82) is 0 Å². The van der Waals surface area contributed by atoms with Gasteiger partial charge in [0.1, 0.15) is 6.04 Å². The highest BCUT2D eigenvalue weighted by atomic mass is 16.3. The second kappa shape index (κ2) is 2.76. The molecular formula is C9H15NO. The van der Waals surface area contributed by atoms with Crippen LogP contribution in [0.1, 0.15) is 33.6 Å². The molecule has 11 heavy (non-hydrogen) atoms. The molecule has 0 aliphatic heterocycles. The molecule has 0 N–H and O–H groups in total. The Labute approximate surface area is 67.7 Å². The van der Waals surface area contributed by atoms with E-state index in [1.165, 1.54) is 0 Å². The predicted molar refractivity (Wildman–Crippen MR) is 46.4 cm³/mol. The minimum absolute atomic E-state index is 0.0528. The van der Waals surface area contributed by atoms with E-state index in [0.29, 0.717) is 0 Å². The summed E-state index contributed by atoms with van der Waals surface area (Å²) in [5.41, 5.74) is 1.40. The van der Waals surface area contributed by atoms with Crippen LogP contribution in [0.25, 0.3) is 0 Å². The van der Waals surface area contributed by atoms with E-state index in [0.717, 1.165) is 18.4 Å². The van der Waals surface area contributed by atoms with Gasteiger partial charge < -0.3 is 0 Å². The lowest BCUT2D eigenvalue weighted by molar-refractivity contribution is 0.379. The average Bonchev–Trinajstić information content (AvgIpc) is 1.86. The molecule has 1 aliphatic rings. The van der Waals surface area contributed by atoms with Gasteiger partial charge in [-0.2, -0.15) is 4.91 Å². The number of hydrogen-bond donors (Lipinski definition) is 0. The molecule has 0 heterocycles. The standard InChI is InChI=1S/C9H15NO/c1-7-6-9(2,3)5-4-8(7)10-11/h6,8H,4-5H2,1-3H3. The zero-order valence-corrected chi connectivity index (χ0v) is 7.42. The van der Waals surface area contributed by atoms with E-state index in [1.54, 1.807) is 0 Å². The largest absolute Gasteiger partial charge is 0.150 e. The summed E-state index contributed by atoms with van der Waals surface area (Å²) >= 11 is 0. The second-order valence-electron chi connectivity index (χ2n) is 4.04.